The maximum atomic E-state index is 3.18. The molecular weight excluding hydrogens is 148 g/mol. The van der Waals surface area contributed by atoms with Crippen LogP contribution in [0.15, 0.2) is 24.0 Å². The van der Waals surface area contributed by atoms with E-state index >= 15 is 0 Å². The standard InChI is InChI=1S/C10H18N2/c1-5-9(2)10(3,4)12-7-6-11-8-12/h5-7,11H,8H2,1-4H3/b9-5+. The van der Waals surface area contributed by atoms with E-state index in [1.54, 1.807) is 0 Å². The number of rotatable bonds is 2. The van der Waals surface area contributed by atoms with Gasteiger partial charge in [-0.15, -0.1) is 0 Å². The van der Waals surface area contributed by atoms with Crippen molar-refractivity contribution < 1.29 is 0 Å². The van der Waals surface area contributed by atoms with Gasteiger partial charge in [0, 0.05) is 12.4 Å². The quantitative estimate of drug-likeness (QED) is 0.632. The summed E-state index contributed by atoms with van der Waals surface area (Å²) in [6.07, 6.45) is 6.27. The van der Waals surface area contributed by atoms with Crippen LogP contribution in [0.5, 0.6) is 0 Å². The molecule has 0 aromatic carbocycles. The van der Waals surface area contributed by atoms with Gasteiger partial charge in [-0.3, -0.25) is 0 Å². The summed E-state index contributed by atoms with van der Waals surface area (Å²) in [6.45, 7) is 9.65. The Kier molecular flexibility index (Phi) is 2.46. The topological polar surface area (TPSA) is 15.3 Å². The minimum atomic E-state index is 0.134. The Labute approximate surface area is 74.9 Å². The number of hydrogen-bond acceptors (Lipinski definition) is 2. The molecule has 0 saturated heterocycles. The van der Waals surface area contributed by atoms with Crippen LogP contribution in [0.3, 0.4) is 0 Å². The SMILES string of the molecule is C/C=C(\C)C(C)(C)N1C=CNC1. The lowest BCUT2D eigenvalue weighted by Gasteiger charge is -2.36. The average molecular weight is 166 g/mol. The summed E-state index contributed by atoms with van der Waals surface area (Å²) in [7, 11) is 0. The lowest BCUT2D eigenvalue weighted by atomic mass is 9.94. The lowest BCUT2D eigenvalue weighted by molar-refractivity contribution is 0.233. The highest BCUT2D eigenvalue weighted by Gasteiger charge is 2.26. The Bertz CT molecular complexity index is 214. The summed E-state index contributed by atoms with van der Waals surface area (Å²) in [5.74, 6) is 0. The summed E-state index contributed by atoms with van der Waals surface area (Å²) in [5.41, 5.74) is 1.53. The van der Waals surface area contributed by atoms with Crippen LogP contribution in [0.25, 0.3) is 0 Å². The predicted molar refractivity (Wildman–Crippen MR) is 52.5 cm³/mol. The molecule has 1 N–H and O–H groups in total. The number of allylic oxidation sites excluding steroid dienone is 1. The van der Waals surface area contributed by atoms with Crippen LogP contribution < -0.4 is 5.32 Å². The summed E-state index contributed by atoms with van der Waals surface area (Å²) in [4.78, 5) is 2.29. The molecule has 0 unspecified atom stereocenters. The molecule has 0 saturated carbocycles. The van der Waals surface area contributed by atoms with Crippen molar-refractivity contribution in [1.82, 2.24) is 10.2 Å². The normalized spacial score (nSPS) is 18.3. The molecule has 1 aliphatic rings. The summed E-state index contributed by atoms with van der Waals surface area (Å²) < 4.78 is 0. The zero-order valence-corrected chi connectivity index (χ0v) is 8.39. The van der Waals surface area contributed by atoms with Crippen LogP contribution in [-0.2, 0) is 0 Å². The van der Waals surface area contributed by atoms with Crippen molar-refractivity contribution in [3.63, 3.8) is 0 Å². The van der Waals surface area contributed by atoms with E-state index in [9.17, 15) is 0 Å². The number of nitrogens with zero attached hydrogens (tertiary/aromatic N) is 1. The largest absolute Gasteiger partial charge is 0.373 e. The summed E-state index contributed by atoms with van der Waals surface area (Å²) in [6, 6.07) is 0. The molecule has 0 bridgehead atoms. The Hall–Kier alpha value is -0.920. The third-order valence-electron chi connectivity index (χ3n) is 2.75. The molecule has 0 atom stereocenters. The van der Waals surface area contributed by atoms with Crippen LogP contribution in [0, 0.1) is 0 Å². The highest BCUT2D eigenvalue weighted by Crippen LogP contribution is 2.24. The van der Waals surface area contributed by atoms with Crippen LogP contribution in [0.2, 0.25) is 0 Å². The summed E-state index contributed by atoms with van der Waals surface area (Å²) in [5, 5.41) is 3.18. The fourth-order valence-corrected chi connectivity index (χ4v) is 1.31. The van der Waals surface area contributed by atoms with Crippen molar-refractivity contribution in [2.24, 2.45) is 0 Å². The van der Waals surface area contributed by atoms with Crippen molar-refractivity contribution >= 4 is 0 Å². The lowest BCUT2D eigenvalue weighted by Crippen LogP contribution is -2.42. The second kappa shape index (κ2) is 3.21. The van der Waals surface area contributed by atoms with Crippen molar-refractivity contribution in [3.8, 4) is 0 Å². The van der Waals surface area contributed by atoms with E-state index < -0.39 is 0 Å². The van der Waals surface area contributed by atoms with E-state index in [4.69, 9.17) is 0 Å². The molecule has 0 aromatic heterocycles. The van der Waals surface area contributed by atoms with Gasteiger partial charge >= 0.3 is 0 Å². The van der Waals surface area contributed by atoms with Crippen LogP contribution >= 0.6 is 0 Å². The Balaban J connectivity index is 2.76. The van der Waals surface area contributed by atoms with Gasteiger partial charge in [0.15, 0.2) is 0 Å². The smallest absolute Gasteiger partial charge is 0.0875 e. The summed E-state index contributed by atoms with van der Waals surface area (Å²) >= 11 is 0. The minimum Gasteiger partial charge on any atom is -0.373 e. The zero-order chi connectivity index (χ0) is 9.19. The first-order valence-corrected chi connectivity index (χ1v) is 4.39. The second-order valence-electron chi connectivity index (χ2n) is 3.68. The van der Waals surface area contributed by atoms with Gasteiger partial charge in [0.25, 0.3) is 0 Å². The van der Waals surface area contributed by atoms with Gasteiger partial charge in [-0.1, -0.05) is 11.6 Å². The van der Waals surface area contributed by atoms with E-state index in [2.05, 4.69) is 50.2 Å². The first kappa shape index (κ1) is 9.17. The molecule has 12 heavy (non-hydrogen) atoms. The van der Waals surface area contributed by atoms with Crippen molar-refractivity contribution in [2.75, 3.05) is 6.67 Å². The molecule has 0 aromatic rings. The monoisotopic (exact) mass is 166 g/mol. The molecule has 0 amide bonds. The molecule has 1 aliphatic heterocycles. The molecule has 1 rings (SSSR count). The first-order valence-electron chi connectivity index (χ1n) is 4.39. The number of hydrogen-bond donors (Lipinski definition) is 1. The molecule has 2 nitrogen and oxygen atoms in total. The maximum Gasteiger partial charge on any atom is 0.0875 e. The van der Waals surface area contributed by atoms with Gasteiger partial charge < -0.3 is 10.2 Å². The Morgan fingerprint density at radius 3 is 2.67 bits per heavy atom. The predicted octanol–water partition coefficient (Wildman–Crippen LogP) is 2.07. The molecule has 68 valence electrons. The third-order valence-corrected chi connectivity index (χ3v) is 2.75. The molecule has 2 heteroatoms. The molecule has 1 heterocycles. The first-order chi connectivity index (χ1) is 5.59. The van der Waals surface area contributed by atoms with E-state index in [1.807, 2.05) is 6.20 Å². The Morgan fingerprint density at radius 2 is 2.25 bits per heavy atom. The number of nitrogens with one attached hydrogen (secondary N) is 1. The molecule has 0 spiro atoms. The van der Waals surface area contributed by atoms with Gasteiger partial charge in [0.05, 0.1) is 12.2 Å². The average Bonchev–Trinajstić information content (AvgIpc) is 2.55. The highest BCUT2D eigenvalue weighted by molar-refractivity contribution is 5.17. The fraction of sp³-hybridized carbons (Fsp3) is 0.600. The van der Waals surface area contributed by atoms with E-state index in [-0.39, 0.29) is 5.54 Å². The van der Waals surface area contributed by atoms with Gasteiger partial charge in [0.1, 0.15) is 0 Å². The fourth-order valence-electron chi connectivity index (χ4n) is 1.31. The van der Waals surface area contributed by atoms with Gasteiger partial charge in [-0.25, -0.2) is 0 Å². The van der Waals surface area contributed by atoms with E-state index in [0.29, 0.717) is 0 Å². The van der Waals surface area contributed by atoms with Crippen molar-refractivity contribution in [3.05, 3.63) is 24.0 Å². The van der Waals surface area contributed by atoms with Crippen LogP contribution in [0.4, 0.5) is 0 Å². The van der Waals surface area contributed by atoms with Crippen LogP contribution in [0.1, 0.15) is 27.7 Å². The third kappa shape index (κ3) is 1.47. The molecule has 0 radical (unpaired) electrons. The maximum absolute atomic E-state index is 3.18. The molecule has 0 fully saturated rings. The van der Waals surface area contributed by atoms with Crippen molar-refractivity contribution in [2.45, 2.75) is 33.2 Å². The van der Waals surface area contributed by atoms with Crippen LogP contribution in [-0.4, -0.2) is 17.1 Å². The van der Waals surface area contributed by atoms with E-state index in [0.717, 1.165) is 6.67 Å². The van der Waals surface area contributed by atoms with Gasteiger partial charge in [-0.05, 0) is 27.7 Å². The Morgan fingerprint density at radius 1 is 1.58 bits per heavy atom. The highest BCUT2D eigenvalue weighted by atomic mass is 15.3. The van der Waals surface area contributed by atoms with Gasteiger partial charge in [-0.2, -0.15) is 0 Å². The second-order valence-corrected chi connectivity index (χ2v) is 3.68. The van der Waals surface area contributed by atoms with E-state index in [1.165, 1.54) is 5.57 Å². The zero-order valence-electron chi connectivity index (χ0n) is 8.39. The van der Waals surface area contributed by atoms with Gasteiger partial charge in [0.2, 0.25) is 0 Å². The molecule has 0 aliphatic carbocycles. The molecular formula is C10H18N2. The van der Waals surface area contributed by atoms with Crippen molar-refractivity contribution in [1.29, 1.82) is 0 Å². The minimum absolute atomic E-state index is 0.134.